The molecule has 0 bridgehead atoms. The lowest BCUT2D eigenvalue weighted by Crippen LogP contribution is -2.09. The molecule has 0 aliphatic carbocycles. The number of H-pyrrole nitrogens is 1. The number of nitrogens with zero attached hydrogens (tertiary/aromatic N) is 1. The quantitative estimate of drug-likeness (QED) is 0.755. The summed E-state index contributed by atoms with van der Waals surface area (Å²) in [5, 5.41) is 10.6. The van der Waals surface area contributed by atoms with Gasteiger partial charge < -0.3 is 9.73 Å². The van der Waals surface area contributed by atoms with E-state index < -0.39 is 0 Å². The topological polar surface area (TPSA) is 70.9 Å². The summed E-state index contributed by atoms with van der Waals surface area (Å²) in [6.45, 7) is 1.79. The van der Waals surface area contributed by atoms with Crippen LogP contribution in [-0.4, -0.2) is 16.1 Å². The molecule has 1 amide bonds. The summed E-state index contributed by atoms with van der Waals surface area (Å²) in [6.07, 6.45) is 0.423. The van der Waals surface area contributed by atoms with Gasteiger partial charge in [-0.25, -0.2) is 0 Å². The maximum absolute atomic E-state index is 11.3. The molecule has 0 spiro atoms. The van der Waals surface area contributed by atoms with Crippen LogP contribution in [0.5, 0.6) is 0 Å². The molecule has 1 aromatic carbocycles. The zero-order valence-corrected chi connectivity index (χ0v) is 10.4. The van der Waals surface area contributed by atoms with E-state index in [9.17, 15) is 4.79 Å². The van der Waals surface area contributed by atoms with E-state index in [4.69, 9.17) is 4.42 Å². The SMILES string of the molecule is CCC(=O)Nc1cc(-c2cc3ccccc3o2)[nH]n1. The Kier molecular flexibility index (Phi) is 2.79. The highest BCUT2D eigenvalue weighted by molar-refractivity contribution is 5.90. The number of carbonyl (C=O) groups excluding carboxylic acids is 1. The van der Waals surface area contributed by atoms with Crippen molar-refractivity contribution < 1.29 is 9.21 Å². The average Bonchev–Trinajstić information content (AvgIpc) is 3.04. The number of aromatic amines is 1. The molecule has 0 fully saturated rings. The van der Waals surface area contributed by atoms with Gasteiger partial charge in [-0.1, -0.05) is 25.1 Å². The molecule has 0 unspecified atom stereocenters. The second-order valence-corrected chi connectivity index (χ2v) is 4.22. The zero-order chi connectivity index (χ0) is 13.2. The minimum atomic E-state index is -0.0670. The van der Waals surface area contributed by atoms with Gasteiger partial charge in [-0.05, 0) is 12.1 Å². The van der Waals surface area contributed by atoms with Crippen LogP contribution in [0.15, 0.2) is 40.8 Å². The minimum absolute atomic E-state index is 0.0670. The van der Waals surface area contributed by atoms with E-state index in [0.717, 1.165) is 16.7 Å². The molecule has 2 N–H and O–H groups in total. The van der Waals surface area contributed by atoms with E-state index >= 15 is 0 Å². The lowest BCUT2D eigenvalue weighted by atomic mass is 10.2. The van der Waals surface area contributed by atoms with Gasteiger partial charge in [0.25, 0.3) is 0 Å². The highest BCUT2D eigenvalue weighted by atomic mass is 16.3. The van der Waals surface area contributed by atoms with Crippen molar-refractivity contribution in [2.75, 3.05) is 5.32 Å². The molecule has 0 radical (unpaired) electrons. The number of furan rings is 1. The highest BCUT2D eigenvalue weighted by Gasteiger charge is 2.10. The molecule has 0 saturated heterocycles. The Bertz CT molecular complexity index is 694. The second-order valence-electron chi connectivity index (χ2n) is 4.22. The van der Waals surface area contributed by atoms with E-state index in [2.05, 4.69) is 15.5 Å². The Labute approximate surface area is 109 Å². The molecule has 3 aromatic rings. The first-order valence-corrected chi connectivity index (χ1v) is 6.10. The predicted molar refractivity (Wildman–Crippen MR) is 72.7 cm³/mol. The van der Waals surface area contributed by atoms with Gasteiger partial charge in [0.2, 0.25) is 5.91 Å². The minimum Gasteiger partial charge on any atom is -0.454 e. The molecule has 19 heavy (non-hydrogen) atoms. The third-order valence-electron chi connectivity index (χ3n) is 2.86. The summed E-state index contributed by atoms with van der Waals surface area (Å²) in [5.74, 6) is 1.13. The van der Waals surface area contributed by atoms with E-state index in [1.165, 1.54) is 0 Å². The molecule has 3 rings (SSSR count). The number of nitrogens with one attached hydrogen (secondary N) is 2. The number of benzene rings is 1. The van der Waals surface area contributed by atoms with Crippen LogP contribution in [0.3, 0.4) is 0 Å². The summed E-state index contributed by atoms with van der Waals surface area (Å²) in [5.41, 5.74) is 1.56. The molecule has 0 saturated carbocycles. The third kappa shape index (κ3) is 2.22. The van der Waals surface area contributed by atoms with Gasteiger partial charge in [-0.15, -0.1) is 0 Å². The Hall–Kier alpha value is -2.56. The Morgan fingerprint density at radius 1 is 1.37 bits per heavy atom. The fraction of sp³-hybridized carbons (Fsp3) is 0.143. The number of anilines is 1. The van der Waals surface area contributed by atoms with Crippen LogP contribution in [0.1, 0.15) is 13.3 Å². The van der Waals surface area contributed by atoms with Gasteiger partial charge in [-0.3, -0.25) is 9.89 Å². The summed E-state index contributed by atoms with van der Waals surface area (Å²) in [7, 11) is 0. The number of hydrogen-bond donors (Lipinski definition) is 2. The summed E-state index contributed by atoms with van der Waals surface area (Å²) >= 11 is 0. The van der Waals surface area contributed by atoms with Gasteiger partial charge in [0.15, 0.2) is 11.6 Å². The normalized spacial score (nSPS) is 10.8. The van der Waals surface area contributed by atoms with Crippen molar-refractivity contribution in [2.45, 2.75) is 13.3 Å². The molecule has 0 aliphatic heterocycles. The Morgan fingerprint density at radius 3 is 3.00 bits per heavy atom. The summed E-state index contributed by atoms with van der Waals surface area (Å²) in [4.78, 5) is 11.3. The van der Waals surface area contributed by atoms with Crippen molar-refractivity contribution in [3.63, 3.8) is 0 Å². The van der Waals surface area contributed by atoms with Crippen LogP contribution in [0.4, 0.5) is 5.82 Å². The van der Waals surface area contributed by atoms with Crippen molar-refractivity contribution in [3.05, 3.63) is 36.4 Å². The van der Waals surface area contributed by atoms with Gasteiger partial charge in [0.1, 0.15) is 11.3 Å². The van der Waals surface area contributed by atoms with Crippen LogP contribution in [0.2, 0.25) is 0 Å². The lowest BCUT2D eigenvalue weighted by molar-refractivity contribution is -0.115. The van der Waals surface area contributed by atoms with Crippen LogP contribution >= 0.6 is 0 Å². The largest absolute Gasteiger partial charge is 0.454 e. The van der Waals surface area contributed by atoms with Crippen LogP contribution in [0, 0.1) is 0 Å². The van der Waals surface area contributed by atoms with Crippen molar-refractivity contribution >= 4 is 22.7 Å². The molecule has 96 valence electrons. The first-order valence-electron chi connectivity index (χ1n) is 6.10. The van der Waals surface area contributed by atoms with Gasteiger partial charge >= 0.3 is 0 Å². The molecule has 5 nitrogen and oxygen atoms in total. The van der Waals surface area contributed by atoms with Gasteiger partial charge in [0, 0.05) is 17.9 Å². The zero-order valence-electron chi connectivity index (χ0n) is 10.4. The molecule has 5 heteroatoms. The first kappa shape index (κ1) is 11.5. The predicted octanol–water partition coefficient (Wildman–Crippen LogP) is 3.17. The smallest absolute Gasteiger partial charge is 0.225 e. The Balaban J connectivity index is 1.91. The number of fused-ring (bicyclic) bond motifs is 1. The fourth-order valence-corrected chi connectivity index (χ4v) is 1.86. The van der Waals surface area contributed by atoms with Gasteiger partial charge in [-0.2, -0.15) is 5.10 Å². The summed E-state index contributed by atoms with van der Waals surface area (Å²) < 4.78 is 5.71. The molecule has 0 atom stereocenters. The lowest BCUT2D eigenvalue weighted by Gasteiger charge is -1.95. The molecule has 0 aliphatic rings. The molecular formula is C14H13N3O2. The highest BCUT2D eigenvalue weighted by Crippen LogP contribution is 2.27. The van der Waals surface area contributed by atoms with Crippen molar-refractivity contribution in [1.82, 2.24) is 10.2 Å². The number of carbonyl (C=O) groups is 1. The van der Waals surface area contributed by atoms with Crippen molar-refractivity contribution in [3.8, 4) is 11.5 Å². The van der Waals surface area contributed by atoms with Crippen LogP contribution in [-0.2, 0) is 4.79 Å². The second kappa shape index (κ2) is 4.61. The standard InChI is InChI=1S/C14H13N3O2/c1-2-14(18)15-13-8-10(16-17-13)12-7-9-5-3-4-6-11(9)19-12/h3-8H,2H2,1H3,(H2,15,16,17,18). The number of amides is 1. The fourth-order valence-electron chi connectivity index (χ4n) is 1.86. The number of para-hydroxylation sites is 1. The molecule has 2 aromatic heterocycles. The van der Waals surface area contributed by atoms with E-state index in [1.54, 1.807) is 13.0 Å². The van der Waals surface area contributed by atoms with E-state index in [1.807, 2.05) is 30.3 Å². The van der Waals surface area contributed by atoms with Crippen LogP contribution in [0.25, 0.3) is 22.4 Å². The first-order chi connectivity index (χ1) is 9.26. The maximum atomic E-state index is 11.3. The number of rotatable bonds is 3. The average molecular weight is 255 g/mol. The van der Waals surface area contributed by atoms with E-state index in [-0.39, 0.29) is 5.91 Å². The monoisotopic (exact) mass is 255 g/mol. The number of hydrogen-bond acceptors (Lipinski definition) is 3. The third-order valence-corrected chi connectivity index (χ3v) is 2.86. The van der Waals surface area contributed by atoms with Crippen molar-refractivity contribution in [1.29, 1.82) is 0 Å². The van der Waals surface area contributed by atoms with E-state index in [0.29, 0.717) is 18.0 Å². The Morgan fingerprint density at radius 2 is 2.21 bits per heavy atom. The molecular weight excluding hydrogens is 242 g/mol. The number of aromatic nitrogens is 2. The summed E-state index contributed by atoms with van der Waals surface area (Å²) in [6, 6.07) is 11.5. The maximum Gasteiger partial charge on any atom is 0.225 e. The van der Waals surface area contributed by atoms with Gasteiger partial charge in [0.05, 0.1) is 0 Å². The molecule has 2 heterocycles. The van der Waals surface area contributed by atoms with Crippen LogP contribution < -0.4 is 5.32 Å². The van der Waals surface area contributed by atoms with Crippen molar-refractivity contribution in [2.24, 2.45) is 0 Å².